The Morgan fingerprint density at radius 1 is 1.26 bits per heavy atom. The normalized spacial score (nSPS) is 14.4. The molecule has 0 aliphatic heterocycles. The van der Waals surface area contributed by atoms with Crippen molar-refractivity contribution in [3.63, 3.8) is 0 Å². The zero-order valence-electron chi connectivity index (χ0n) is 10.3. The van der Waals surface area contributed by atoms with Crippen LogP contribution < -0.4 is 10.6 Å². The van der Waals surface area contributed by atoms with Crippen molar-refractivity contribution in [1.29, 1.82) is 0 Å². The van der Waals surface area contributed by atoms with Crippen molar-refractivity contribution in [2.24, 2.45) is 0 Å². The molecule has 2 rings (SSSR count). The van der Waals surface area contributed by atoms with Crippen LogP contribution in [0.3, 0.4) is 0 Å². The Hall–Kier alpha value is -1.76. The van der Waals surface area contributed by atoms with E-state index in [1.54, 1.807) is 0 Å². The van der Waals surface area contributed by atoms with E-state index in [2.05, 4.69) is 10.6 Å². The molecular formula is C12H15F2N3O2. The fourth-order valence-electron chi connectivity index (χ4n) is 1.73. The minimum Gasteiger partial charge on any atom is -0.380 e. The molecule has 0 radical (unpaired) electrons. The van der Waals surface area contributed by atoms with E-state index in [0.29, 0.717) is 24.7 Å². The average Bonchev–Trinajstić information content (AvgIpc) is 3.15. The largest absolute Gasteiger partial charge is 0.380 e. The van der Waals surface area contributed by atoms with Gasteiger partial charge in [0.25, 0.3) is 5.69 Å². The van der Waals surface area contributed by atoms with Crippen LogP contribution in [-0.4, -0.2) is 24.1 Å². The summed E-state index contributed by atoms with van der Waals surface area (Å²) in [6, 6.07) is 2.04. The summed E-state index contributed by atoms with van der Waals surface area (Å²) in [5, 5.41) is 16.3. The Morgan fingerprint density at radius 2 is 1.89 bits per heavy atom. The van der Waals surface area contributed by atoms with Crippen LogP contribution in [0.2, 0.25) is 0 Å². The van der Waals surface area contributed by atoms with Crippen molar-refractivity contribution in [2.45, 2.75) is 25.3 Å². The third-order valence-electron chi connectivity index (χ3n) is 2.90. The Balaban J connectivity index is 1.86. The third-order valence-corrected chi connectivity index (χ3v) is 2.90. The molecular weight excluding hydrogens is 256 g/mol. The zero-order chi connectivity index (χ0) is 13.8. The van der Waals surface area contributed by atoms with Crippen molar-refractivity contribution in [2.75, 3.05) is 18.4 Å². The lowest BCUT2D eigenvalue weighted by Gasteiger charge is -2.09. The molecule has 1 aromatic carbocycles. The molecule has 19 heavy (non-hydrogen) atoms. The topological polar surface area (TPSA) is 67.2 Å². The number of nitro groups is 1. The molecule has 0 atom stereocenters. The van der Waals surface area contributed by atoms with E-state index in [4.69, 9.17) is 0 Å². The summed E-state index contributed by atoms with van der Waals surface area (Å²) in [5.41, 5.74) is -0.895. The SMILES string of the molecule is O=[N+]([O-])c1cc(F)c(NCCCNC2CC2)c(F)c1. The van der Waals surface area contributed by atoms with Gasteiger partial charge in [-0.15, -0.1) is 0 Å². The smallest absolute Gasteiger partial charge is 0.275 e. The van der Waals surface area contributed by atoms with Crippen LogP contribution in [0.1, 0.15) is 19.3 Å². The van der Waals surface area contributed by atoms with Crippen molar-refractivity contribution in [3.05, 3.63) is 33.9 Å². The molecule has 104 valence electrons. The number of benzene rings is 1. The summed E-state index contributed by atoms with van der Waals surface area (Å²) in [6.07, 6.45) is 3.12. The van der Waals surface area contributed by atoms with E-state index in [1.165, 1.54) is 12.8 Å². The first-order valence-corrected chi connectivity index (χ1v) is 6.18. The number of rotatable bonds is 7. The Morgan fingerprint density at radius 3 is 2.42 bits per heavy atom. The fourth-order valence-corrected chi connectivity index (χ4v) is 1.73. The van der Waals surface area contributed by atoms with Crippen molar-refractivity contribution in [3.8, 4) is 0 Å². The average molecular weight is 271 g/mol. The number of nitrogens with zero attached hydrogens (tertiary/aromatic N) is 1. The van der Waals surface area contributed by atoms with Crippen LogP contribution in [-0.2, 0) is 0 Å². The van der Waals surface area contributed by atoms with Crippen molar-refractivity contribution < 1.29 is 13.7 Å². The molecule has 5 nitrogen and oxygen atoms in total. The van der Waals surface area contributed by atoms with Gasteiger partial charge in [-0.25, -0.2) is 8.78 Å². The highest BCUT2D eigenvalue weighted by atomic mass is 19.1. The zero-order valence-corrected chi connectivity index (χ0v) is 10.3. The number of hydrogen-bond donors (Lipinski definition) is 2. The minimum absolute atomic E-state index is 0.308. The summed E-state index contributed by atoms with van der Waals surface area (Å²) < 4.78 is 27.0. The third kappa shape index (κ3) is 3.85. The van der Waals surface area contributed by atoms with E-state index in [-0.39, 0.29) is 5.69 Å². The first-order chi connectivity index (χ1) is 9.08. The summed E-state index contributed by atoms with van der Waals surface area (Å²) in [6.45, 7) is 1.19. The van der Waals surface area contributed by atoms with Crippen LogP contribution in [0.15, 0.2) is 12.1 Å². The molecule has 1 aromatic rings. The lowest BCUT2D eigenvalue weighted by atomic mass is 10.2. The summed E-state index contributed by atoms with van der Waals surface area (Å²) >= 11 is 0. The number of hydrogen-bond acceptors (Lipinski definition) is 4. The second-order valence-electron chi connectivity index (χ2n) is 4.55. The summed E-state index contributed by atoms with van der Waals surface area (Å²) in [7, 11) is 0. The van der Waals surface area contributed by atoms with Crippen LogP contribution in [0.4, 0.5) is 20.2 Å². The van der Waals surface area contributed by atoms with Crippen molar-refractivity contribution >= 4 is 11.4 Å². The molecule has 0 bridgehead atoms. The van der Waals surface area contributed by atoms with Gasteiger partial charge >= 0.3 is 0 Å². The van der Waals surface area contributed by atoms with Gasteiger partial charge in [0.2, 0.25) is 0 Å². The number of halogens is 2. The van der Waals surface area contributed by atoms with Crippen LogP contribution in [0, 0.1) is 21.7 Å². The van der Waals surface area contributed by atoms with Gasteiger partial charge in [-0.3, -0.25) is 10.1 Å². The summed E-state index contributed by atoms with van der Waals surface area (Å²) in [4.78, 5) is 9.61. The molecule has 1 aliphatic carbocycles. The van der Waals surface area contributed by atoms with Gasteiger partial charge < -0.3 is 10.6 Å². The molecule has 0 heterocycles. The molecule has 0 unspecified atom stereocenters. The van der Waals surface area contributed by atoms with Gasteiger partial charge in [0.05, 0.1) is 17.1 Å². The van der Waals surface area contributed by atoms with Gasteiger partial charge in [0.1, 0.15) is 5.69 Å². The maximum absolute atomic E-state index is 13.5. The molecule has 2 N–H and O–H groups in total. The predicted octanol–water partition coefficient (Wildman–Crippen LogP) is 2.43. The highest BCUT2D eigenvalue weighted by Gasteiger charge is 2.19. The Kier molecular flexibility index (Phi) is 4.26. The molecule has 1 aliphatic rings. The second kappa shape index (κ2) is 5.92. The van der Waals surface area contributed by atoms with Gasteiger partial charge in [0, 0.05) is 12.6 Å². The van der Waals surface area contributed by atoms with Crippen LogP contribution in [0.25, 0.3) is 0 Å². The molecule has 0 saturated heterocycles. The predicted molar refractivity (Wildman–Crippen MR) is 67.1 cm³/mol. The molecule has 0 spiro atoms. The lowest BCUT2D eigenvalue weighted by Crippen LogP contribution is -2.20. The monoisotopic (exact) mass is 271 g/mol. The highest BCUT2D eigenvalue weighted by Crippen LogP contribution is 2.24. The van der Waals surface area contributed by atoms with Crippen LogP contribution >= 0.6 is 0 Å². The second-order valence-corrected chi connectivity index (χ2v) is 4.55. The van der Waals surface area contributed by atoms with Gasteiger partial charge in [-0.05, 0) is 25.8 Å². The maximum atomic E-state index is 13.5. The molecule has 0 aromatic heterocycles. The molecule has 7 heteroatoms. The van der Waals surface area contributed by atoms with E-state index < -0.39 is 22.2 Å². The quantitative estimate of drug-likeness (QED) is 0.454. The fraction of sp³-hybridized carbons (Fsp3) is 0.500. The van der Waals surface area contributed by atoms with Crippen molar-refractivity contribution in [1.82, 2.24) is 5.32 Å². The number of nitro benzene ring substituents is 1. The number of anilines is 1. The number of nitrogens with one attached hydrogen (secondary N) is 2. The van der Waals surface area contributed by atoms with Gasteiger partial charge in [-0.1, -0.05) is 0 Å². The van der Waals surface area contributed by atoms with Crippen LogP contribution in [0.5, 0.6) is 0 Å². The maximum Gasteiger partial charge on any atom is 0.275 e. The van der Waals surface area contributed by atoms with E-state index in [1.807, 2.05) is 0 Å². The number of non-ortho nitro benzene ring substituents is 1. The Labute approximate surface area is 109 Å². The van der Waals surface area contributed by atoms with E-state index in [9.17, 15) is 18.9 Å². The standard InChI is InChI=1S/C12H15F2N3O2/c13-10-6-9(17(18)19)7-11(14)12(10)16-5-1-4-15-8-2-3-8/h6-8,15-16H,1-5H2. The molecule has 0 amide bonds. The first-order valence-electron chi connectivity index (χ1n) is 6.18. The highest BCUT2D eigenvalue weighted by molar-refractivity contribution is 5.51. The Bertz CT molecular complexity index is 455. The summed E-state index contributed by atoms with van der Waals surface area (Å²) in [5.74, 6) is -1.89. The van der Waals surface area contributed by atoms with E-state index >= 15 is 0 Å². The molecule has 1 saturated carbocycles. The van der Waals surface area contributed by atoms with E-state index in [0.717, 1.165) is 13.0 Å². The molecule has 1 fully saturated rings. The minimum atomic E-state index is -0.943. The van der Waals surface area contributed by atoms with Gasteiger partial charge in [0.15, 0.2) is 11.6 Å². The van der Waals surface area contributed by atoms with Gasteiger partial charge in [-0.2, -0.15) is 0 Å². The lowest BCUT2D eigenvalue weighted by molar-refractivity contribution is -0.385. The first kappa shape index (κ1) is 13.7.